The first-order valence-electron chi connectivity index (χ1n) is 13.2. The van der Waals surface area contributed by atoms with Crippen molar-refractivity contribution in [3.8, 4) is 17.5 Å². The zero-order valence-corrected chi connectivity index (χ0v) is 21.9. The van der Waals surface area contributed by atoms with Gasteiger partial charge >= 0.3 is 6.18 Å². The first-order chi connectivity index (χ1) is 18.7. The van der Waals surface area contributed by atoms with Gasteiger partial charge in [-0.25, -0.2) is 9.97 Å². The summed E-state index contributed by atoms with van der Waals surface area (Å²) in [6.07, 6.45) is -0.773. The minimum absolute atomic E-state index is 0.213. The summed E-state index contributed by atoms with van der Waals surface area (Å²) in [5, 5.41) is 13.0. The average molecular weight is 534 g/mol. The van der Waals surface area contributed by atoms with Crippen LogP contribution in [0.15, 0.2) is 59.1 Å². The number of fused-ring (bicyclic) bond motifs is 1. The molecule has 1 fully saturated rings. The van der Waals surface area contributed by atoms with E-state index in [1.807, 2.05) is 23.1 Å². The van der Waals surface area contributed by atoms with Crippen LogP contribution in [0.1, 0.15) is 54.9 Å². The van der Waals surface area contributed by atoms with Crippen molar-refractivity contribution in [1.82, 2.24) is 15.3 Å². The Morgan fingerprint density at radius 1 is 1.10 bits per heavy atom. The van der Waals surface area contributed by atoms with Gasteiger partial charge in [0.25, 0.3) is 0 Å². The molecule has 0 unspecified atom stereocenters. The van der Waals surface area contributed by atoms with Crippen molar-refractivity contribution in [2.24, 2.45) is 0 Å². The Kier molecular flexibility index (Phi) is 7.58. The van der Waals surface area contributed by atoms with Crippen molar-refractivity contribution in [3.05, 3.63) is 77.0 Å². The van der Waals surface area contributed by atoms with Crippen molar-refractivity contribution >= 4 is 16.9 Å². The number of halogens is 3. The second-order valence-electron chi connectivity index (χ2n) is 10.3. The van der Waals surface area contributed by atoms with Crippen LogP contribution in [-0.2, 0) is 12.6 Å². The molecule has 1 saturated heterocycles. The van der Waals surface area contributed by atoms with E-state index in [-0.39, 0.29) is 5.92 Å². The lowest BCUT2D eigenvalue weighted by Gasteiger charge is -2.33. The topological polar surface area (TPSA) is 78.0 Å². The highest BCUT2D eigenvalue weighted by molar-refractivity contribution is 5.81. The molecule has 2 aromatic carbocycles. The van der Waals surface area contributed by atoms with Crippen LogP contribution in [0.2, 0.25) is 0 Å². The lowest BCUT2D eigenvalue weighted by Crippen LogP contribution is -2.43. The smallest absolute Gasteiger partial charge is 0.417 e. The maximum atomic E-state index is 12.8. The first kappa shape index (κ1) is 26.7. The van der Waals surface area contributed by atoms with E-state index in [0.717, 1.165) is 67.9 Å². The number of hydrogen-bond acceptors (Lipinski definition) is 6. The number of anilines is 1. The highest BCUT2D eigenvalue weighted by Gasteiger charge is 2.31. The van der Waals surface area contributed by atoms with E-state index in [1.165, 1.54) is 11.6 Å². The number of rotatable bonds is 7. The summed E-state index contributed by atoms with van der Waals surface area (Å²) < 4.78 is 44.4. The van der Waals surface area contributed by atoms with E-state index in [9.17, 15) is 18.4 Å². The van der Waals surface area contributed by atoms with Gasteiger partial charge in [-0.05, 0) is 73.7 Å². The molecular formula is C30H30F3N5O. The maximum Gasteiger partial charge on any atom is 0.417 e. The van der Waals surface area contributed by atoms with Gasteiger partial charge in [0.05, 0.1) is 17.2 Å². The van der Waals surface area contributed by atoms with E-state index in [1.54, 1.807) is 6.07 Å². The van der Waals surface area contributed by atoms with E-state index in [0.29, 0.717) is 28.8 Å². The van der Waals surface area contributed by atoms with Gasteiger partial charge in [0.2, 0.25) is 5.89 Å². The molecule has 0 spiro atoms. The molecule has 4 aromatic rings. The van der Waals surface area contributed by atoms with Crippen LogP contribution in [0, 0.1) is 11.3 Å². The number of benzene rings is 2. The van der Waals surface area contributed by atoms with Crippen LogP contribution in [0.25, 0.3) is 22.6 Å². The van der Waals surface area contributed by atoms with Gasteiger partial charge in [-0.1, -0.05) is 26.0 Å². The fraction of sp³-hybridized carbons (Fsp3) is 0.367. The molecule has 0 atom stereocenters. The van der Waals surface area contributed by atoms with E-state index in [2.05, 4.69) is 47.3 Å². The molecule has 1 aliphatic heterocycles. The number of oxazole rings is 1. The molecule has 0 saturated carbocycles. The second-order valence-corrected chi connectivity index (χ2v) is 10.3. The Labute approximate surface area is 225 Å². The summed E-state index contributed by atoms with van der Waals surface area (Å²) in [5.74, 6) is 1.34. The number of pyridine rings is 1. The van der Waals surface area contributed by atoms with Crippen molar-refractivity contribution in [2.45, 2.75) is 51.2 Å². The molecule has 202 valence electrons. The predicted molar refractivity (Wildman–Crippen MR) is 144 cm³/mol. The highest BCUT2D eigenvalue weighted by atomic mass is 19.4. The van der Waals surface area contributed by atoms with E-state index < -0.39 is 11.7 Å². The average Bonchev–Trinajstić information content (AvgIpc) is 3.37. The monoisotopic (exact) mass is 533 g/mol. The Morgan fingerprint density at radius 2 is 1.85 bits per heavy atom. The molecule has 2 aromatic heterocycles. The number of nitrogens with zero attached hydrogens (tertiary/aromatic N) is 4. The normalized spacial score (nSPS) is 14.7. The molecule has 0 bridgehead atoms. The summed E-state index contributed by atoms with van der Waals surface area (Å²) in [7, 11) is 0. The van der Waals surface area contributed by atoms with Gasteiger partial charge in [0.15, 0.2) is 5.58 Å². The van der Waals surface area contributed by atoms with Crippen LogP contribution < -0.4 is 10.2 Å². The number of nitrogens with one attached hydrogen (secondary N) is 1. The van der Waals surface area contributed by atoms with Crippen LogP contribution in [0.5, 0.6) is 0 Å². The third kappa shape index (κ3) is 6.07. The van der Waals surface area contributed by atoms with Gasteiger partial charge < -0.3 is 14.6 Å². The van der Waals surface area contributed by atoms with Crippen LogP contribution >= 0.6 is 0 Å². The van der Waals surface area contributed by atoms with Crippen molar-refractivity contribution < 1.29 is 17.6 Å². The minimum atomic E-state index is -4.37. The maximum absolute atomic E-state index is 12.8. The summed E-state index contributed by atoms with van der Waals surface area (Å²) in [6, 6.07) is 16.9. The fourth-order valence-corrected chi connectivity index (χ4v) is 4.96. The molecule has 0 aliphatic carbocycles. The lowest BCUT2D eigenvalue weighted by molar-refractivity contribution is -0.137. The standard InChI is InChI=1S/C30H30F3N5O/c1-19(2)25-15-21(17-34)16-26-28(25)39-29(37-26)22-5-3-20(4-6-22)9-12-35-24-10-13-38(14-11-24)27-8-7-23(18-36-27)30(31,32)33/h3-8,15-16,18-19,24,35H,9-14H2,1-2H3. The molecule has 0 radical (unpaired) electrons. The summed E-state index contributed by atoms with van der Waals surface area (Å²) in [6.45, 7) is 6.48. The number of alkyl halides is 3. The van der Waals surface area contributed by atoms with E-state index in [4.69, 9.17) is 4.42 Å². The molecule has 1 N–H and O–H groups in total. The molecule has 9 heteroatoms. The van der Waals surface area contributed by atoms with E-state index >= 15 is 0 Å². The minimum Gasteiger partial charge on any atom is -0.436 e. The van der Waals surface area contributed by atoms with Gasteiger partial charge in [0, 0.05) is 36.5 Å². The van der Waals surface area contributed by atoms with Gasteiger partial charge in [-0.2, -0.15) is 18.4 Å². The largest absolute Gasteiger partial charge is 0.436 e. The van der Waals surface area contributed by atoms with Crippen molar-refractivity contribution in [1.29, 1.82) is 5.26 Å². The Bertz CT molecular complexity index is 1460. The number of nitriles is 1. The molecule has 6 nitrogen and oxygen atoms in total. The quantitative estimate of drug-likeness (QED) is 0.285. The third-order valence-electron chi connectivity index (χ3n) is 7.21. The zero-order chi connectivity index (χ0) is 27.6. The van der Waals surface area contributed by atoms with Crippen molar-refractivity contribution in [2.75, 3.05) is 24.5 Å². The molecular weight excluding hydrogens is 503 g/mol. The SMILES string of the molecule is CC(C)c1cc(C#N)cc2nc(-c3ccc(CCNC4CCN(c5ccc(C(F)(F)F)cn5)CC4)cc3)oc12. The summed E-state index contributed by atoms with van der Waals surface area (Å²) in [4.78, 5) is 10.7. The first-order valence-corrected chi connectivity index (χ1v) is 13.2. The summed E-state index contributed by atoms with van der Waals surface area (Å²) in [5.41, 5.74) is 4.35. The molecule has 5 rings (SSSR count). The molecule has 1 aliphatic rings. The zero-order valence-electron chi connectivity index (χ0n) is 21.9. The number of aromatic nitrogens is 2. The van der Waals surface area contributed by atoms with Gasteiger partial charge in [-0.3, -0.25) is 0 Å². The van der Waals surface area contributed by atoms with Gasteiger partial charge in [-0.15, -0.1) is 0 Å². The van der Waals surface area contributed by atoms with Crippen LogP contribution in [0.3, 0.4) is 0 Å². The Balaban J connectivity index is 1.13. The lowest BCUT2D eigenvalue weighted by atomic mass is 10.00. The highest BCUT2D eigenvalue weighted by Crippen LogP contribution is 2.32. The fourth-order valence-electron chi connectivity index (χ4n) is 4.96. The van der Waals surface area contributed by atoms with Crippen LogP contribution in [0.4, 0.5) is 19.0 Å². The Hall–Kier alpha value is -3.90. The predicted octanol–water partition coefficient (Wildman–Crippen LogP) is 6.70. The second kappa shape index (κ2) is 11.1. The molecule has 0 amide bonds. The van der Waals surface area contributed by atoms with Crippen LogP contribution in [-0.4, -0.2) is 35.6 Å². The molecule has 39 heavy (non-hydrogen) atoms. The third-order valence-corrected chi connectivity index (χ3v) is 7.21. The van der Waals surface area contributed by atoms with Gasteiger partial charge in [0.1, 0.15) is 11.3 Å². The number of piperidine rings is 1. The molecule has 3 heterocycles. The number of hydrogen-bond donors (Lipinski definition) is 1. The van der Waals surface area contributed by atoms with Crippen molar-refractivity contribution in [3.63, 3.8) is 0 Å². The summed E-state index contributed by atoms with van der Waals surface area (Å²) >= 11 is 0. The Morgan fingerprint density at radius 3 is 2.46 bits per heavy atom.